The molecule has 0 saturated carbocycles. The Labute approximate surface area is 50.9 Å². The fourth-order valence-electron chi connectivity index (χ4n) is 0.617. The molecule has 2 aliphatic heterocycles. The van der Waals surface area contributed by atoms with Crippen LogP contribution in [0.1, 0.15) is 0 Å². The van der Waals surface area contributed by atoms with Gasteiger partial charge in [-0.05, 0) is 0 Å². The van der Waals surface area contributed by atoms with E-state index in [9.17, 15) is 0 Å². The van der Waals surface area contributed by atoms with E-state index in [1.165, 1.54) is 18.8 Å². The molecule has 0 N–H and O–H groups in total. The van der Waals surface area contributed by atoms with Crippen LogP contribution in [0.15, 0.2) is 23.2 Å². The Morgan fingerprint density at radius 3 is 3.11 bits per heavy atom. The van der Waals surface area contributed by atoms with Crippen molar-refractivity contribution in [2.45, 2.75) is 0 Å². The standard InChI is InChI=1S/C5H3N3O/c1-2-9-5-4(6-1)7-3-8-5/h1-3H. The minimum atomic E-state index is 0.484. The second-order valence-corrected chi connectivity index (χ2v) is 1.53. The molecule has 2 heterocycles. The molecular weight excluding hydrogens is 118 g/mol. The number of aromatic nitrogens is 3. The van der Waals surface area contributed by atoms with Crippen LogP contribution in [0.4, 0.5) is 0 Å². The van der Waals surface area contributed by atoms with Crippen LogP contribution in [-0.4, -0.2) is 15.0 Å². The highest BCUT2D eigenvalue weighted by molar-refractivity contribution is 5.39. The number of fused-ring (bicyclic) bond motifs is 1. The molecule has 0 aromatic rings. The zero-order chi connectivity index (χ0) is 6.10. The molecule has 0 bridgehead atoms. The maximum Gasteiger partial charge on any atom is 0.266 e. The van der Waals surface area contributed by atoms with Gasteiger partial charge in [-0.3, -0.25) is 0 Å². The zero-order valence-corrected chi connectivity index (χ0v) is 4.48. The molecule has 4 nitrogen and oxygen atoms in total. The molecule has 0 unspecified atom stereocenters. The second kappa shape index (κ2) is 1.51. The van der Waals surface area contributed by atoms with Gasteiger partial charge in [0.05, 0.1) is 6.20 Å². The quantitative estimate of drug-likeness (QED) is 0.511. The Kier molecular flexibility index (Phi) is 0.745. The fourth-order valence-corrected chi connectivity index (χ4v) is 0.617. The van der Waals surface area contributed by atoms with Gasteiger partial charge >= 0.3 is 0 Å². The molecular formula is C5H3N3O. The fraction of sp³-hybridized carbons (Fsp3) is 0. The highest BCUT2D eigenvalue weighted by atomic mass is 16.3. The van der Waals surface area contributed by atoms with Crippen molar-refractivity contribution in [3.05, 3.63) is 18.8 Å². The van der Waals surface area contributed by atoms with E-state index in [0.717, 1.165) is 0 Å². The lowest BCUT2D eigenvalue weighted by Crippen LogP contribution is -1.80. The molecule has 0 amide bonds. The molecule has 0 radical (unpaired) electrons. The molecule has 0 saturated heterocycles. The molecule has 0 atom stereocenters. The highest BCUT2D eigenvalue weighted by Gasteiger charge is 2.05. The minimum absolute atomic E-state index is 0.484. The lowest BCUT2D eigenvalue weighted by molar-refractivity contribution is 0.542. The van der Waals surface area contributed by atoms with E-state index in [4.69, 9.17) is 4.42 Å². The molecule has 0 fully saturated rings. The van der Waals surface area contributed by atoms with Gasteiger partial charge in [-0.1, -0.05) is 0 Å². The van der Waals surface area contributed by atoms with E-state index in [0.29, 0.717) is 11.7 Å². The average molecular weight is 121 g/mol. The van der Waals surface area contributed by atoms with Crippen LogP contribution >= 0.6 is 0 Å². The first-order chi connectivity index (χ1) is 4.47. The highest BCUT2D eigenvalue weighted by Crippen LogP contribution is 2.09. The molecule has 0 aliphatic carbocycles. The summed E-state index contributed by atoms with van der Waals surface area (Å²) in [4.78, 5) is 11.5. The third-order valence-electron chi connectivity index (χ3n) is 0.984. The van der Waals surface area contributed by atoms with Crippen LogP contribution in [0.2, 0.25) is 0 Å². The topological polar surface area (TPSA) is 51.8 Å². The first kappa shape index (κ1) is 4.43. The van der Waals surface area contributed by atoms with Crippen molar-refractivity contribution in [1.29, 1.82) is 0 Å². The summed E-state index contributed by atoms with van der Waals surface area (Å²) in [6.45, 7) is 0. The van der Waals surface area contributed by atoms with Crippen molar-refractivity contribution in [1.82, 2.24) is 15.0 Å². The van der Waals surface area contributed by atoms with E-state index in [2.05, 4.69) is 15.0 Å². The first-order valence-corrected chi connectivity index (χ1v) is 2.47. The third kappa shape index (κ3) is 0.561. The van der Waals surface area contributed by atoms with Gasteiger partial charge < -0.3 is 4.42 Å². The van der Waals surface area contributed by atoms with Gasteiger partial charge in [0, 0.05) is 0 Å². The van der Waals surface area contributed by atoms with Gasteiger partial charge in [-0.2, -0.15) is 4.98 Å². The largest absolute Gasteiger partial charge is 0.442 e. The summed E-state index contributed by atoms with van der Waals surface area (Å²) in [5, 5.41) is 0. The Morgan fingerprint density at radius 1 is 1.22 bits per heavy atom. The van der Waals surface area contributed by atoms with E-state index < -0.39 is 0 Å². The van der Waals surface area contributed by atoms with Gasteiger partial charge in [0.2, 0.25) is 5.82 Å². The smallest absolute Gasteiger partial charge is 0.266 e. The summed E-state index contributed by atoms with van der Waals surface area (Å²) in [7, 11) is 0. The second-order valence-electron chi connectivity index (χ2n) is 1.53. The van der Waals surface area contributed by atoms with Gasteiger partial charge in [-0.25, -0.2) is 9.97 Å². The Balaban J connectivity index is 2.79. The monoisotopic (exact) mass is 121 g/mol. The average Bonchev–Trinajstić information content (AvgIpc) is 2.33. The predicted molar refractivity (Wildman–Crippen MR) is 28.7 cm³/mol. The molecule has 2 rings (SSSR count). The van der Waals surface area contributed by atoms with Crippen LogP contribution in [0.3, 0.4) is 0 Å². The minimum Gasteiger partial charge on any atom is -0.442 e. The van der Waals surface area contributed by atoms with Crippen molar-refractivity contribution in [2.75, 3.05) is 0 Å². The number of hydrogen-bond donors (Lipinski definition) is 0. The van der Waals surface area contributed by atoms with E-state index >= 15 is 0 Å². The van der Waals surface area contributed by atoms with Crippen LogP contribution in [0.5, 0.6) is 0 Å². The van der Waals surface area contributed by atoms with Crippen LogP contribution in [0.25, 0.3) is 11.7 Å². The molecule has 9 heavy (non-hydrogen) atoms. The van der Waals surface area contributed by atoms with E-state index in [1.54, 1.807) is 0 Å². The van der Waals surface area contributed by atoms with Crippen molar-refractivity contribution >= 4 is 0 Å². The Hall–Kier alpha value is -1.45. The summed E-state index contributed by atoms with van der Waals surface area (Å²) < 4.78 is 4.92. The molecule has 0 aromatic heterocycles. The molecule has 2 aliphatic rings. The zero-order valence-electron chi connectivity index (χ0n) is 4.48. The SMILES string of the molecule is c1coc2ncnc-2n1. The van der Waals surface area contributed by atoms with Crippen molar-refractivity contribution < 1.29 is 4.42 Å². The Bertz CT molecular complexity index is 252. The number of imidazole rings is 1. The molecule has 0 aromatic carbocycles. The van der Waals surface area contributed by atoms with E-state index in [-0.39, 0.29) is 0 Å². The summed E-state index contributed by atoms with van der Waals surface area (Å²) in [6.07, 6.45) is 4.43. The number of rotatable bonds is 0. The summed E-state index contributed by atoms with van der Waals surface area (Å²) >= 11 is 0. The van der Waals surface area contributed by atoms with Crippen LogP contribution in [0, 0.1) is 0 Å². The van der Waals surface area contributed by atoms with Gasteiger partial charge in [0.25, 0.3) is 5.89 Å². The molecule has 44 valence electrons. The predicted octanol–water partition coefficient (Wildman–Crippen LogP) is 0.569. The molecule has 0 spiro atoms. The lowest BCUT2D eigenvalue weighted by atomic mass is 10.6. The summed E-state index contributed by atoms with van der Waals surface area (Å²) in [6, 6.07) is 0. The maximum absolute atomic E-state index is 4.92. The van der Waals surface area contributed by atoms with Crippen LogP contribution < -0.4 is 0 Å². The molecule has 4 heteroatoms. The van der Waals surface area contributed by atoms with Gasteiger partial charge in [0.15, 0.2) is 0 Å². The first-order valence-electron chi connectivity index (χ1n) is 2.47. The van der Waals surface area contributed by atoms with Gasteiger partial charge in [0.1, 0.15) is 12.6 Å². The van der Waals surface area contributed by atoms with Crippen molar-refractivity contribution in [2.24, 2.45) is 0 Å². The lowest BCUT2D eigenvalue weighted by Gasteiger charge is -1.87. The Morgan fingerprint density at radius 2 is 2.22 bits per heavy atom. The number of nitrogens with zero attached hydrogens (tertiary/aromatic N) is 3. The third-order valence-corrected chi connectivity index (χ3v) is 0.984. The van der Waals surface area contributed by atoms with Crippen molar-refractivity contribution in [3.8, 4) is 11.7 Å². The van der Waals surface area contributed by atoms with Crippen LogP contribution in [-0.2, 0) is 0 Å². The summed E-state index contributed by atoms with van der Waals surface area (Å²) in [5.41, 5.74) is 0. The van der Waals surface area contributed by atoms with E-state index in [1.807, 2.05) is 0 Å². The van der Waals surface area contributed by atoms with Gasteiger partial charge in [-0.15, -0.1) is 0 Å². The summed E-state index contributed by atoms with van der Waals surface area (Å²) in [5.74, 6) is 1.04. The maximum atomic E-state index is 4.92. The normalized spacial score (nSPS) is 10.2. The number of hydrogen-bond acceptors (Lipinski definition) is 4. The van der Waals surface area contributed by atoms with Crippen molar-refractivity contribution in [3.63, 3.8) is 0 Å².